The Morgan fingerprint density at radius 2 is 1.96 bits per heavy atom. The van der Waals surface area contributed by atoms with Crippen molar-refractivity contribution in [1.29, 1.82) is 0 Å². The van der Waals surface area contributed by atoms with Crippen molar-refractivity contribution in [1.82, 2.24) is 14.3 Å². The largest absolute Gasteiger partial charge is 0.335 e. The van der Waals surface area contributed by atoms with Gasteiger partial charge in [-0.05, 0) is 23.6 Å². The number of rotatable bonds is 6. The quantitative estimate of drug-likeness (QED) is 0.841. The van der Waals surface area contributed by atoms with Gasteiger partial charge in [0.2, 0.25) is 5.91 Å². The minimum absolute atomic E-state index is 0.0471. The summed E-state index contributed by atoms with van der Waals surface area (Å²) in [4.78, 5) is 18.2. The second-order valence-corrected chi connectivity index (χ2v) is 7.52. The van der Waals surface area contributed by atoms with Crippen molar-refractivity contribution in [3.63, 3.8) is 0 Å². The highest BCUT2D eigenvalue weighted by Gasteiger charge is 2.24. The number of anilines is 1. The molecule has 1 amide bonds. The number of carbonyl (C=O) groups excluding carboxylic acids is 1. The molecule has 0 unspecified atom stereocenters. The highest BCUT2D eigenvalue weighted by molar-refractivity contribution is 7.89. The van der Waals surface area contributed by atoms with E-state index >= 15 is 0 Å². The van der Waals surface area contributed by atoms with E-state index < -0.39 is 15.9 Å². The lowest BCUT2D eigenvalue weighted by molar-refractivity contribution is -0.116. The summed E-state index contributed by atoms with van der Waals surface area (Å²) in [5, 5.41) is 2.64. The summed E-state index contributed by atoms with van der Waals surface area (Å²) >= 11 is 0. The fourth-order valence-corrected chi connectivity index (χ4v) is 3.01. The van der Waals surface area contributed by atoms with Crippen LogP contribution in [-0.2, 0) is 14.8 Å². The summed E-state index contributed by atoms with van der Waals surface area (Å²) in [5.41, 5.74) is 1.80. The van der Waals surface area contributed by atoms with Gasteiger partial charge in [0, 0.05) is 12.7 Å². The lowest BCUT2D eigenvalue weighted by Crippen LogP contribution is -2.35. The molecule has 1 heterocycles. The molecular formula is C15H20N4O3S. The van der Waals surface area contributed by atoms with E-state index in [2.05, 4.69) is 29.1 Å². The van der Waals surface area contributed by atoms with Gasteiger partial charge in [0.25, 0.3) is 10.0 Å². The molecule has 0 spiro atoms. The summed E-state index contributed by atoms with van der Waals surface area (Å²) in [7, 11) is -2.40. The maximum absolute atomic E-state index is 12.2. The molecule has 0 fully saturated rings. The van der Waals surface area contributed by atoms with Crippen LogP contribution in [0.2, 0.25) is 0 Å². The van der Waals surface area contributed by atoms with Crippen LogP contribution >= 0.6 is 0 Å². The highest BCUT2D eigenvalue weighted by Crippen LogP contribution is 2.17. The summed E-state index contributed by atoms with van der Waals surface area (Å²) < 4.78 is 25.3. The van der Waals surface area contributed by atoms with E-state index in [0.717, 1.165) is 4.31 Å². The van der Waals surface area contributed by atoms with Crippen molar-refractivity contribution >= 4 is 21.6 Å². The molecule has 0 aliphatic carbocycles. The van der Waals surface area contributed by atoms with Gasteiger partial charge in [-0.25, -0.2) is 13.4 Å². The van der Waals surface area contributed by atoms with Crippen LogP contribution in [0.3, 0.4) is 0 Å². The molecule has 0 atom stereocenters. The molecule has 1 aromatic heterocycles. The number of amides is 1. The van der Waals surface area contributed by atoms with Crippen molar-refractivity contribution in [2.45, 2.75) is 24.8 Å². The number of aromatic nitrogens is 2. The zero-order valence-corrected chi connectivity index (χ0v) is 14.1. The van der Waals surface area contributed by atoms with Crippen molar-refractivity contribution in [3.05, 3.63) is 42.4 Å². The third-order valence-electron chi connectivity index (χ3n) is 3.39. The second kappa shape index (κ2) is 6.93. The lowest BCUT2D eigenvalue weighted by Gasteiger charge is -2.15. The third-order valence-corrected chi connectivity index (χ3v) is 5.12. The molecule has 8 heteroatoms. The number of nitrogens with zero attached hydrogens (tertiary/aromatic N) is 2. The zero-order valence-electron chi connectivity index (χ0n) is 13.3. The van der Waals surface area contributed by atoms with Crippen molar-refractivity contribution in [2.75, 3.05) is 18.9 Å². The van der Waals surface area contributed by atoms with Gasteiger partial charge in [-0.1, -0.05) is 26.0 Å². The molecule has 0 aliphatic rings. The SMILES string of the molecule is CC(C)c1ccc(NC(=O)CN(C)S(=O)(=O)c2cnc[nH]2)cc1. The minimum Gasteiger partial charge on any atom is -0.335 e. The van der Waals surface area contributed by atoms with Gasteiger partial charge in [-0.3, -0.25) is 4.79 Å². The zero-order chi connectivity index (χ0) is 17.0. The maximum atomic E-state index is 12.2. The van der Waals surface area contributed by atoms with Gasteiger partial charge in [0.05, 0.1) is 19.1 Å². The van der Waals surface area contributed by atoms with Gasteiger partial charge < -0.3 is 10.3 Å². The van der Waals surface area contributed by atoms with Crippen molar-refractivity contribution in [2.24, 2.45) is 0 Å². The Morgan fingerprint density at radius 3 is 2.48 bits per heavy atom. The topological polar surface area (TPSA) is 95.2 Å². The predicted octanol–water partition coefficient (Wildman–Crippen LogP) is 1.79. The van der Waals surface area contributed by atoms with E-state index in [-0.39, 0.29) is 11.6 Å². The van der Waals surface area contributed by atoms with Crippen LogP contribution in [0.5, 0.6) is 0 Å². The van der Waals surface area contributed by atoms with Gasteiger partial charge in [-0.2, -0.15) is 4.31 Å². The van der Waals surface area contributed by atoms with Gasteiger partial charge >= 0.3 is 0 Å². The standard InChI is InChI=1S/C15H20N4O3S/c1-11(2)12-4-6-13(7-5-12)18-14(20)9-19(3)23(21,22)15-8-16-10-17-15/h4-8,10-11H,9H2,1-3H3,(H,16,17)(H,18,20). The normalized spacial score (nSPS) is 11.9. The van der Waals surface area contributed by atoms with Crippen LogP contribution in [0.25, 0.3) is 0 Å². The molecule has 0 saturated heterocycles. The maximum Gasteiger partial charge on any atom is 0.260 e. The molecule has 2 aromatic rings. The average molecular weight is 336 g/mol. The number of hydrogen-bond donors (Lipinski definition) is 2. The number of benzene rings is 1. The van der Waals surface area contributed by atoms with Crippen LogP contribution in [0.4, 0.5) is 5.69 Å². The average Bonchev–Trinajstić information content (AvgIpc) is 3.02. The van der Waals surface area contributed by atoms with Gasteiger partial charge in [-0.15, -0.1) is 0 Å². The first-order valence-electron chi connectivity index (χ1n) is 7.15. The van der Waals surface area contributed by atoms with E-state index in [9.17, 15) is 13.2 Å². The summed E-state index contributed by atoms with van der Waals surface area (Å²) in [6, 6.07) is 7.48. The molecule has 0 aliphatic heterocycles. The van der Waals surface area contributed by atoms with Crippen LogP contribution in [0, 0.1) is 0 Å². The Bertz CT molecular complexity index is 753. The molecule has 0 saturated carbocycles. The summed E-state index contributed by atoms with van der Waals surface area (Å²) in [6.07, 6.45) is 2.48. The number of carbonyl (C=O) groups is 1. The van der Waals surface area contributed by atoms with Crippen molar-refractivity contribution in [3.8, 4) is 0 Å². The molecule has 124 valence electrons. The smallest absolute Gasteiger partial charge is 0.260 e. The van der Waals surface area contributed by atoms with Crippen LogP contribution in [0.15, 0.2) is 41.8 Å². The van der Waals surface area contributed by atoms with E-state index in [1.807, 2.05) is 12.1 Å². The number of sulfonamides is 1. The van der Waals surface area contributed by atoms with Crippen LogP contribution in [-0.4, -0.2) is 42.2 Å². The Hall–Kier alpha value is -2.19. The number of nitrogens with one attached hydrogen (secondary N) is 2. The van der Waals surface area contributed by atoms with E-state index in [0.29, 0.717) is 11.6 Å². The first-order valence-corrected chi connectivity index (χ1v) is 8.59. The Kier molecular flexibility index (Phi) is 5.17. The van der Waals surface area contributed by atoms with E-state index in [4.69, 9.17) is 0 Å². The Balaban J connectivity index is 1.99. The van der Waals surface area contributed by atoms with Crippen LogP contribution in [0.1, 0.15) is 25.3 Å². The first kappa shape index (κ1) is 17.2. The van der Waals surface area contributed by atoms with Crippen molar-refractivity contribution < 1.29 is 13.2 Å². The highest BCUT2D eigenvalue weighted by atomic mass is 32.2. The number of H-pyrrole nitrogens is 1. The third kappa shape index (κ3) is 4.17. The number of aromatic amines is 1. The van der Waals surface area contributed by atoms with Gasteiger partial charge in [0.15, 0.2) is 5.03 Å². The van der Waals surface area contributed by atoms with E-state index in [1.54, 1.807) is 12.1 Å². The number of hydrogen-bond acceptors (Lipinski definition) is 4. The second-order valence-electron chi connectivity index (χ2n) is 5.50. The molecule has 7 nitrogen and oxygen atoms in total. The fraction of sp³-hybridized carbons (Fsp3) is 0.333. The summed E-state index contributed by atoms with van der Waals surface area (Å²) in [6.45, 7) is 3.89. The Labute approximate surface area is 135 Å². The first-order chi connectivity index (χ1) is 10.8. The van der Waals surface area contributed by atoms with Crippen LogP contribution < -0.4 is 5.32 Å². The minimum atomic E-state index is -3.75. The molecule has 23 heavy (non-hydrogen) atoms. The molecule has 1 aromatic carbocycles. The lowest BCUT2D eigenvalue weighted by atomic mass is 10.0. The number of likely N-dealkylation sites (N-methyl/N-ethyl adjacent to an activating group) is 1. The fourth-order valence-electron chi connectivity index (χ4n) is 1.99. The van der Waals surface area contributed by atoms with Gasteiger partial charge in [0.1, 0.15) is 0 Å². The monoisotopic (exact) mass is 336 g/mol. The molecule has 2 N–H and O–H groups in total. The molecule has 0 radical (unpaired) electrons. The molecule has 0 bridgehead atoms. The van der Waals surface area contributed by atoms with E-state index in [1.165, 1.54) is 25.1 Å². The summed E-state index contributed by atoms with van der Waals surface area (Å²) in [5.74, 6) is -0.00156. The predicted molar refractivity (Wildman–Crippen MR) is 87.6 cm³/mol. The Morgan fingerprint density at radius 1 is 1.30 bits per heavy atom. The molecule has 2 rings (SSSR count). The number of imidazole rings is 1. The molecular weight excluding hydrogens is 316 g/mol.